The van der Waals surface area contributed by atoms with Crippen molar-refractivity contribution in [1.29, 1.82) is 0 Å². The molecule has 0 fully saturated rings. The Kier molecular flexibility index (Phi) is 3.55. The molecular weight excluding hydrogens is 255 g/mol. The van der Waals surface area contributed by atoms with Crippen molar-refractivity contribution < 1.29 is 4.39 Å². The van der Waals surface area contributed by atoms with Gasteiger partial charge in [-0.1, -0.05) is 12.1 Å². The fourth-order valence-electron chi connectivity index (χ4n) is 1.91. The fourth-order valence-corrected chi connectivity index (χ4v) is 3.34. The molecule has 0 aliphatic heterocycles. The maximum absolute atomic E-state index is 13.8. The normalized spacial score (nSPS) is 12.8. The second-order valence-electron chi connectivity index (χ2n) is 4.26. The van der Waals surface area contributed by atoms with Crippen molar-refractivity contribution in [2.45, 2.75) is 26.1 Å². The van der Waals surface area contributed by atoms with Crippen molar-refractivity contribution in [3.05, 3.63) is 56.5 Å². The zero-order valence-electron chi connectivity index (χ0n) is 10.1. The maximum Gasteiger partial charge on any atom is 0.128 e. The van der Waals surface area contributed by atoms with Gasteiger partial charge in [-0.15, -0.1) is 22.9 Å². The SMILES string of the molecule is Cc1ccc(C(Cl)c2cc(C)sc2C)c(F)c1. The molecule has 0 bridgehead atoms. The minimum Gasteiger partial charge on any atom is -0.207 e. The number of hydrogen-bond donors (Lipinski definition) is 0. The van der Waals surface area contributed by atoms with Gasteiger partial charge in [-0.3, -0.25) is 0 Å². The van der Waals surface area contributed by atoms with Crippen LogP contribution in [0, 0.1) is 26.6 Å². The molecule has 2 rings (SSSR count). The third-order valence-corrected chi connectivity index (χ3v) is 4.23. The van der Waals surface area contributed by atoms with Crippen LogP contribution in [0.25, 0.3) is 0 Å². The molecule has 17 heavy (non-hydrogen) atoms. The van der Waals surface area contributed by atoms with E-state index in [0.29, 0.717) is 5.56 Å². The van der Waals surface area contributed by atoms with Crippen LogP contribution in [-0.4, -0.2) is 0 Å². The molecule has 0 saturated heterocycles. The van der Waals surface area contributed by atoms with Crippen LogP contribution in [-0.2, 0) is 0 Å². The van der Waals surface area contributed by atoms with Gasteiger partial charge in [0.2, 0.25) is 0 Å². The molecule has 0 N–H and O–H groups in total. The predicted octanol–water partition coefficient (Wildman–Crippen LogP) is 5.14. The Morgan fingerprint density at radius 2 is 1.82 bits per heavy atom. The van der Waals surface area contributed by atoms with Crippen LogP contribution in [0.4, 0.5) is 4.39 Å². The third kappa shape index (κ3) is 2.53. The van der Waals surface area contributed by atoms with Gasteiger partial charge >= 0.3 is 0 Å². The van der Waals surface area contributed by atoms with E-state index >= 15 is 0 Å². The van der Waals surface area contributed by atoms with E-state index in [1.54, 1.807) is 17.4 Å². The molecule has 1 atom stereocenters. The molecule has 2 aromatic rings. The van der Waals surface area contributed by atoms with E-state index < -0.39 is 5.38 Å². The van der Waals surface area contributed by atoms with E-state index in [1.165, 1.54) is 10.9 Å². The first-order valence-corrected chi connectivity index (χ1v) is 6.71. The molecule has 0 spiro atoms. The molecular formula is C14H14ClFS. The minimum atomic E-state index is -0.402. The second-order valence-corrected chi connectivity index (χ2v) is 6.15. The monoisotopic (exact) mass is 268 g/mol. The zero-order valence-corrected chi connectivity index (χ0v) is 11.6. The Hall–Kier alpha value is -0.860. The van der Waals surface area contributed by atoms with Crippen LogP contribution in [0.3, 0.4) is 0 Å². The summed E-state index contributed by atoms with van der Waals surface area (Å²) in [6.45, 7) is 5.93. The summed E-state index contributed by atoms with van der Waals surface area (Å²) in [5.74, 6) is -0.228. The molecule has 0 nitrogen and oxygen atoms in total. The van der Waals surface area contributed by atoms with E-state index in [0.717, 1.165) is 16.0 Å². The van der Waals surface area contributed by atoms with E-state index in [-0.39, 0.29) is 5.82 Å². The number of benzene rings is 1. The summed E-state index contributed by atoms with van der Waals surface area (Å²) in [7, 11) is 0. The van der Waals surface area contributed by atoms with E-state index in [1.807, 2.05) is 32.9 Å². The summed E-state index contributed by atoms with van der Waals surface area (Å²) in [4.78, 5) is 2.36. The molecule has 0 radical (unpaired) electrons. The van der Waals surface area contributed by atoms with Crippen LogP contribution >= 0.6 is 22.9 Å². The molecule has 1 aromatic heterocycles. The summed E-state index contributed by atoms with van der Waals surface area (Å²) in [6, 6.07) is 7.23. The summed E-state index contributed by atoms with van der Waals surface area (Å²) < 4.78 is 13.8. The average molecular weight is 269 g/mol. The highest BCUT2D eigenvalue weighted by atomic mass is 35.5. The smallest absolute Gasteiger partial charge is 0.128 e. The highest BCUT2D eigenvalue weighted by molar-refractivity contribution is 7.12. The molecule has 0 aliphatic rings. The Morgan fingerprint density at radius 1 is 1.12 bits per heavy atom. The first-order valence-electron chi connectivity index (χ1n) is 5.46. The summed E-state index contributed by atoms with van der Waals surface area (Å²) in [6.07, 6.45) is 0. The predicted molar refractivity (Wildman–Crippen MR) is 72.6 cm³/mol. The standard InChI is InChI=1S/C14H14ClFS/c1-8-4-5-11(13(16)6-8)14(15)12-7-9(2)17-10(12)3/h4-7,14H,1-3H3. The molecule has 0 saturated carbocycles. The van der Waals surface area contributed by atoms with Crippen LogP contribution in [0.2, 0.25) is 0 Å². The topological polar surface area (TPSA) is 0 Å². The van der Waals surface area contributed by atoms with E-state index in [4.69, 9.17) is 11.6 Å². The van der Waals surface area contributed by atoms with Crippen LogP contribution in [0.15, 0.2) is 24.3 Å². The van der Waals surface area contributed by atoms with Crippen LogP contribution in [0.1, 0.15) is 31.8 Å². The first-order chi connectivity index (χ1) is 7.99. The van der Waals surface area contributed by atoms with Gasteiger partial charge < -0.3 is 0 Å². The average Bonchev–Trinajstić information content (AvgIpc) is 2.57. The second kappa shape index (κ2) is 4.79. The number of thiophene rings is 1. The van der Waals surface area contributed by atoms with E-state index in [9.17, 15) is 4.39 Å². The fraction of sp³-hybridized carbons (Fsp3) is 0.286. The highest BCUT2D eigenvalue weighted by Crippen LogP contribution is 2.36. The van der Waals surface area contributed by atoms with Gasteiger partial charge in [0.1, 0.15) is 5.82 Å². The molecule has 0 aliphatic carbocycles. The van der Waals surface area contributed by atoms with Crippen LogP contribution in [0.5, 0.6) is 0 Å². The zero-order chi connectivity index (χ0) is 12.6. The Morgan fingerprint density at radius 3 is 2.35 bits per heavy atom. The van der Waals surface area contributed by atoms with Gasteiger partial charge in [0.05, 0.1) is 5.38 Å². The number of rotatable bonds is 2. The van der Waals surface area contributed by atoms with Gasteiger partial charge in [-0.2, -0.15) is 0 Å². The first kappa shape index (κ1) is 12.6. The van der Waals surface area contributed by atoms with Crippen molar-refractivity contribution in [2.24, 2.45) is 0 Å². The Bertz CT molecular complexity index is 545. The largest absolute Gasteiger partial charge is 0.207 e. The Labute approximate surface area is 110 Å². The van der Waals surface area contributed by atoms with Gasteiger partial charge in [0, 0.05) is 15.3 Å². The molecule has 1 aromatic carbocycles. The van der Waals surface area contributed by atoms with Crippen molar-refractivity contribution >= 4 is 22.9 Å². The van der Waals surface area contributed by atoms with Gasteiger partial charge in [-0.05, 0) is 44.0 Å². The highest BCUT2D eigenvalue weighted by Gasteiger charge is 2.18. The number of aryl methyl sites for hydroxylation is 3. The lowest BCUT2D eigenvalue weighted by Crippen LogP contribution is -1.97. The van der Waals surface area contributed by atoms with Crippen molar-refractivity contribution in [1.82, 2.24) is 0 Å². The van der Waals surface area contributed by atoms with E-state index in [2.05, 4.69) is 0 Å². The third-order valence-electron chi connectivity index (χ3n) is 2.78. The van der Waals surface area contributed by atoms with Gasteiger partial charge in [0.25, 0.3) is 0 Å². The molecule has 3 heteroatoms. The van der Waals surface area contributed by atoms with Crippen molar-refractivity contribution in [2.75, 3.05) is 0 Å². The lowest BCUT2D eigenvalue weighted by molar-refractivity contribution is 0.611. The minimum absolute atomic E-state index is 0.228. The quantitative estimate of drug-likeness (QED) is 0.662. The lowest BCUT2D eigenvalue weighted by Gasteiger charge is -2.11. The summed E-state index contributed by atoms with van der Waals surface area (Å²) >= 11 is 8.07. The number of alkyl halides is 1. The van der Waals surface area contributed by atoms with Crippen LogP contribution < -0.4 is 0 Å². The molecule has 90 valence electrons. The number of halogens is 2. The molecule has 1 heterocycles. The lowest BCUT2D eigenvalue weighted by atomic mass is 10.0. The Balaban J connectivity index is 2.43. The summed E-state index contributed by atoms with van der Waals surface area (Å²) in [5, 5.41) is -0.402. The van der Waals surface area contributed by atoms with Gasteiger partial charge in [-0.25, -0.2) is 4.39 Å². The maximum atomic E-state index is 13.8. The van der Waals surface area contributed by atoms with Gasteiger partial charge in [0.15, 0.2) is 0 Å². The molecule has 0 amide bonds. The number of hydrogen-bond acceptors (Lipinski definition) is 1. The van der Waals surface area contributed by atoms with Crippen molar-refractivity contribution in [3.63, 3.8) is 0 Å². The molecule has 1 unspecified atom stereocenters. The summed E-state index contributed by atoms with van der Waals surface area (Å²) in [5.41, 5.74) is 2.48. The van der Waals surface area contributed by atoms with Crippen molar-refractivity contribution in [3.8, 4) is 0 Å².